The second-order valence-corrected chi connectivity index (χ2v) is 4.23. The summed E-state index contributed by atoms with van der Waals surface area (Å²) in [7, 11) is 2.09. The minimum absolute atomic E-state index is 0.0760. The molecule has 2 atom stereocenters. The fraction of sp³-hybridized carbons (Fsp3) is 0.667. The highest BCUT2D eigenvalue weighted by molar-refractivity contribution is 5.11. The van der Waals surface area contributed by atoms with E-state index in [1.54, 1.807) is 0 Å². The molecule has 0 aromatic carbocycles. The van der Waals surface area contributed by atoms with Gasteiger partial charge in [0, 0.05) is 6.04 Å². The maximum Gasteiger partial charge on any atom is 0.122 e. The summed E-state index contributed by atoms with van der Waals surface area (Å²) >= 11 is 0. The van der Waals surface area contributed by atoms with Gasteiger partial charge in [-0.3, -0.25) is 4.90 Å². The van der Waals surface area contributed by atoms with Gasteiger partial charge in [0.25, 0.3) is 0 Å². The molecule has 3 heteroatoms. The van der Waals surface area contributed by atoms with Crippen molar-refractivity contribution in [3.63, 3.8) is 0 Å². The van der Waals surface area contributed by atoms with Crippen LogP contribution in [0.5, 0.6) is 0 Å². The lowest BCUT2D eigenvalue weighted by Crippen LogP contribution is -2.37. The zero-order valence-electron chi connectivity index (χ0n) is 10.2. The molecule has 0 saturated carbocycles. The smallest absolute Gasteiger partial charge is 0.122 e. The molecule has 2 unspecified atom stereocenters. The Balaban J connectivity index is 2.82. The Bertz CT molecular complexity index is 294. The average Bonchev–Trinajstić information content (AvgIpc) is 2.51. The van der Waals surface area contributed by atoms with Gasteiger partial charge in [-0.2, -0.15) is 0 Å². The van der Waals surface area contributed by atoms with Crippen LogP contribution in [0, 0.1) is 6.92 Å². The van der Waals surface area contributed by atoms with Crippen molar-refractivity contribution < 1.29 is 4.42 Å². The van der Waals surface area contributed by atoms with Crippen molar-refractivity contribution in [2.75, 3.05) is 13.6 Å². The Labute approximate surface area is 92.2 Å². The molecule has 0 aliphatic rings. The predicted octanol–water partition coefficient (Wildman–Crippen LogP) is 2.32. The van der Waals surface area contributed by atoms with E-state index in [4.69, 9.17) is 10.2 Å². The van der Waals surface area contributed by atoms with E-state index in [2.05, 4.69) is 18.9 Å². The van der Waals surface area contributed by atoms with Gasteiger partial charge in [-0.1, -0.05) is 6.92 Å². The number of likely N-dealkylation sites (N-methyl/N-ethyl adjacent to an activating group) is 1. The highest BCUT2D eigenvalue weighted by atomic mass is 16.3. The highest BCUT2D eigenvalue weighted by Gasteiger charge is 2.23. The molecule has 0 saturated heterocycles. The lowest BCUT2D eigenvalue weighted by Gasteiger charge is -2.29. The molecule has 0 spiro atoms. The summed E-state index contributed by atoms with van der Waals surface area (Å²) in [6, 6.07) is 4.27. The van der Waals surface area contributed by atoms with E-state index in [1.807, 2.05) is 26.0 Å². The van der Waals surface area contributed by atoms with Crippen LogP contribution in [0.1, 0.15) is 37.8 Å². The topological polar surface area (TPSA) is 42.4 Å². The SMILES string of the molecule is CCCN(C)C(c1ccc(C)o1)C(C)N. The Morgan fingerprint density at radius 3 is 2.53 bits per heavy atom. The van der Waals surface area contributed by atoms with Crippen LogP contribution in [0.25, 0.3) is 0 Å². The van der Waals surface area contributed by atoms with E-state index in [9.17, 15) is 0 Å². The van der Waals surface area contributed by atoms with Crippen molar-refractivity contribution >= 4 is 0 Å². The summed E-state index contributed by atoms with van der Waals surface area (Å²) in [6.07, 6.45) is 1.12. The maximum atomic E-state index is 6.01. The van der Waals surface area contributed by atoms with E-state index >= 15 is 0 Å². The van der Waals surface area contributed by atoms with Crippen molar-refractivity contribution in [1.82, 2.24) is 4.90 Å². The molecular formula is C12H22N2O. The number of aryl methyl sites for hydroxylation is 1. The Morgan fingerprint density at radius 2 is 2.13 bits per heavy atom. The first-order chi connectivity index (χ1) is 7.06. The number of nitrogens with two attached hydrogens (primary N) is 1. The van der Waals surface area contributed by atoms with Crippen LogP contribution in [0.15, 0.2) is 16.5 Å². The summed E-state index contributed by atoms with van der Waals surface area (Å²) in [4.78, 5) is 2.25. The Morgan fingerprint density at radius 1 is 1.47 bits per heavy atom. The molecule has 0 aliphatic heterocycles. The van der Waals surface area contributed by atoms with E-state index in [-0.39, 0.29) is 12.1 Å². The lowest BCUT2D eigenvalue weighted by atomic mass is 10.1. The van der Waals surface area contributed by atoms with Gasteiger partial charge >= 0.3 is 0 Å². The van der Waals surface area contributed by atoms with Crippen LogP contribution in [0.4, 0.5) is 0 Å². The second kappa shape index (κ2) is 5.33. The van der Waals surface area contributed by atoms with Gasteiger partial charge in [0.1, 0.15) is 11.5 Å². The minimum atomic E-state index is 0.0760. The summed E-state index contributed by atoms with van der Waals surface area (Å²) in [5.74, 6) is 1.92. The number of rotatable bonds is 5. The fourth-order valence-electron chi connectivity index (χ4n) is 1.98. The van der Waals surface area contributed by atoms with Crippen molar-refractivity contribution in [2.45, 2.75) is 39.3 Å². The van der Waals surface area contributed by atoms with Crippen LogP contribution in [0.3, 0.4) is 0 Å². The normalized spacial score (nSPS) is 15.6. The third-order valence-corrected chi connectivity index (χ3v) is 2.60. The van der Waals surface area contributed by atoms with Crippen LogP contribution >= 0.6 is 0 Å². The van der Waals surface area contributed by atoms with Crippen molar-refractivity contribution in [3.05, 3.63) is 23.7 Å². The molecule has 1 heterocycles. The van der Waals surface area contributed by atoms with Crippen molar-refractivity contribution in [1.29, 1.82) is 0 Å². The van der Waals surface area contributed by atoms with Crippen LogP contribution in [-0.4, -0.2) is 24.5 Å². The van der Waals surface area contributed by atoms with Gasteiger partial charge in [0.05, 0.1) is 6.04 Å². The summed E-state index contributed by atoms with van der Waals surface area (Å²) in [6.45, 7) is 7.18. The lowest BCUT2D eigenvalue weighted by molar-refractivity contribution is 0.190. The van der Waals surface area contributed by atoms with Gasteiger partial charge in [-0.25, -0.2) is 0 Å². The predicted molar refractivity (Wildman–Crippen MR) is 62.8 cm³/mol. The average molecular weight is 210 g/mol. The van der Waals surface area contributed by atoms with E-state index in [0.29, 0.717) is 0 Å². The van der Waals surface area contributed by atoms with Gasteiger partial charge < -0.3 is 10.2 Å². The largest absolute Gasteiger partial charge is 0.465 e. The molecule has 0 radical (unpaired) electrons. The molecule has 0 bridgehead atoms. The van der Waals surface area contributed by atoms with Gasteiger partial charge in [-0.15, -0.1) is 0 Å². The Kier molecular flexibility index (Phi) is 4.36. The molecule has 0 amide bonds. The molecular weight excluding hydrogens is 188 g/mol. The first-order valence-corrected chi connectivity index (χ1v) is 5.58. The molecule has 0 aliphatic carbocycles. The quantitative estimate of drug-likeness (QED) is 0.811. The van der Waals surface area contributed by atoms with E-state index in [1.165, 1.54) is 0 Å². The summed E-state index contributed by atoms with van der Waals surface area (Å²) in [5.41, 5.74) is 6.01. The molecule has 1 aromatic heterocycles. The fourth-order valence-corrected chi connectivity index (χ4v) is 1.98. The van der Waals surface area contributed by atoms with Gasteiger partial charge in [-0.05, 0) is 46.0 Å². The number of nitrogens with zero attached hydrogens (tertiary/aromatic N) is 1. The van der Waals surface area contributed by atoms with Crippen LogP contribution in [-0.2, 0) is 0 Å². The first kappa shape index (κ1) is 12.3. The first-order valence-electron chi connectivity index (χ1n) is 5.58. The van der Waals surface area contributed by atoms with Crippen LogP contribution < -0.4 is 5.73 Å². The minimum Gasteiger partial charge on any atom is -0.465 e. The molecule has 15 heavy (non-hydrogen) atoms. The summed E-state index contributed by atoms with van der Waals surface area (Å²) < 4.78 is 5.65. The maximum absolute atomic E-state index is 6.01. The van der Waals surface area contributed by atoms with Crippen molar-refractivity contribution in [2.24, 2.45) is 5.73 Å². The van der Waals surface area contributed by atoms with E-state index < -0.39 is 0 Å². The second-order valence-electron chi connectivity index (χ2n) is 4.23. The number of furan rings is 1. The van der Waals surface area contributed by atoms with Gasteiger partial charge in [0.2, 0.25) is 0 Å². The molecule has 0 fully saturated rings. The monoisotopic (exact) mass is 210 g/mol. The number of hydrogen-bond donors (Lipinski definition) is 1. The van der Waals surface area contributed by atoms with E-state index in [0.717, 1.165) is 24.5 Å². The third kappa shape index (κ3) is 3.08. The molecule has 86 valence electrons. The van der Waals surface area contributed by atoms with Crippen molar-refractivity contribution in [3.8, 4) is 0 Å². The summed E-state index contributed by atoms with van der Waals surface area (Å²) in [5, 5.41) is 0. The Hall–Kier alpha value is -0.800. The molecule has 1 rings (SSSR count). The number of hydrogen-bond acceptors (Lipinski definition) is 3. The highest BCUT2D eigenvalue weighted by Crippen LogP contribution is 2.24. The molecule has 3 nitrogen and oxygen atoms in total. The molecule has 1 aromatic rings. The van der Waals surface area contributed by atoms with Crippen LogP contribution in [0.2, 0.25) is 0 Å². The van der Waals surface area contributed by atoms with Gasteiger partial charge in [0.15, 0.2) is 0 Å². The molecule has 2 N–H and O–H groups in total. The zero-order chi connectivity index (χ0) is 11.4. The zero-order valence-corrected chi connectivity index (χ0v) is 10.2. The standard InChI is InChI=1S/C12H22N2O/c1-5-8-14(4)12(10(3)13)11-7-6-9(2)15-11/h6-7,10,12H,5,8,13H2,1-4H3. The third-order valence-electron chi connectivity index (χ3n) is 2.60.